The van der Waals surface area contributed by atoms with Gasteiger partial charge in [-0.3, -0.25) is 5.10 Å². The van der Waals surface area contributed by atoms with Crippen molar-refractivity contribution in [2.45, 2.75) is 12.5 Å². The lowest BCUT2D eigenvalue weighted by Gasteiger charge is -2.40. The molecule has 1 atom stereocenters. The maximum atomic E-state index is 12.1. The van der Waals surface area contributed by atoms with Crippen LogP contribution in [0.3, 0.4) is 0 Å². The van der Waals surface area contributed by atoms with Crippen LogP contribution in [0.25, 0.3) is 11.0 Å². The molecule has 1 saturated heterocycles. The molecule has 1 N–H and O–H groups in total. The maximum Gasteiger partial charge on any atom is 0.226 e. The second kappa shape index (κ2) is 7.06. The molecule has 0 unspecified atom stereocenters. The van der Waals surface area contributed by atoms with Gasteiger partial charge in [0.2, 0.25) is 16.0 Å². The fourth-order valence-corrected chi connectivity index (χ4v) is 4.40. The van der Waals surface area contributed by atoms with Crippen LogP contribution in [0.4, 0.5) is 5.95 Å². The first-order valence-corrected chi connectivity index (χ1v) is 10.8. The number of halogens is 1. The van der Waals surface area contributed by atoms with Crippen molar-refractivity contribution in [1.29, 1.82) is 0 Å². The number of benzene rings is 1. The van der Waals surface area contributed by atoms with E-state index >= 15 is 0 Å². The molecule has 0 saturated carbocycles. The SMILES string of the molecule is CS(=O)(=O)N1CCN(c2ncc3n[nH]c(Cl)c3n2)[C@H](Cc2ccccc2)C1. The van der Waals surface area contributed by atoms with Crippen molar-refractivity contribution < 1.29 is 8.42 Å². The van der Waals surface area contributed by atoms with E-state index in [0.717, 1.165) is 5.56 Å². The standard InChI is InChI=1S/C17H19ClN6O2S/c1-27(25,26)23-7-8-24(13(11-23)9-12-5-3-2-4-6-12)17-19-10-14-15(20-17)16(18)22-21-14/h2-6,10,13H,7-9,11H2,1H3,(H,21,22)/t13-/m1/s1. The van der Waals surface area contributed by atoms with E-state index in [9.17, 15) is 8.42 Å². The Hall–Kier alpha value is -2.23. The molecular formula is C17H19ClN6O2S. The van der Waals surface area contributed by atoms with Crippen LogP contribution < -0.4 is 4.90 Å². The zero-order chi connectivity index (χ0) is 19.0. The number of aromatic nitrogens is 4. The van der Waals surface area contributed by atoms with Crippen LogP contribution in [0.2, 0.25) is 5.15 Å². The first kappa shape index (κ1) is 18.1. The van der Waals surface area contributed by atoms with Crippen molar-refractivity contribution in [2.24, 2.45) is 0 Å². The van der Waals surface area contributed by atoms with Gasteiger partial charge in [-0.25, -0.2) is 18.4 Å². The fraction of sp³-hybridized carbons (Fsp3) is 0.353. The van der Waals surface area contributed by atoms with Gasteiger partial charge in [-0.2, -0.15) is 9.40 Å². The van der Waals surface area contributed by atoms with Crippen molar-refractivity contribution in [3.8, 4) is 0 Å². The van der Waals surface area contributed by atoms with Crippen molar-refractivity contribution in [3.63, 3.8) is 0 Å². The number of aromatic amines is 1. The summed E-state index contributed by atoms with van der Waals surface area (Å²) in [6.07, 6.45) is 3.56. The summed E-state index contributed by atoms with van der Waals surface area (Å²) in [4.78, 5) is 11.0. The van der Waals surface area contributed by atoms with E-state index in [4.69, 9.17) is 11.6 Å². The molecule has 2 aromatic heterocycles. The van der Waals surface area contributed by atoms with Crippen LogP contribution in [0.15, 0.2) is 36.5 Å². The summed E-state index contributed by atoms with van der Waals surface area (Å²) >= 11 is 6.12. The van der Waals surface area contributed by atoms with E-state index in [1.165, 1.54) is 10.6 Å². The third-order valence-electron chi connectivity index (χ3n) is 4.72. The summed E-state index contributed by atoms with van der Waals surface area (Å²) in [5.41, 5.74) is 2.29. The highest BCUT2D eigenvalue weighted by Gasteiger charge is 2.33. The molecule has 0 bridgehead atoms. The van der Waals surface area contributed by atoms with E-state index in [-0.39, 0.29) is 6.04 Å². The molecule has 8 nitrogen and oxygen atoms in total. The predicted octanol–water partition coefficient (Wildman–Crippen LogP) is 1.70. The third-order valence-corrected chi connectivity index (χ3v) is 6.26. The van der Waals surface area contributed by atoms with Gasteiger partial charge in [-0.05, 0) is 12.0 Å². The number of rotatable bonds is 4. The van der Waals surface area contributed by atoms with E-state index in [1.54, 1.807) is 6.20 Å². The Labute approximate surface area is 162 Å². The lowest BCUT2D eigenvalue weighted by Crippen LogP contribution is -2.56. The van der Waals surface area contributed by atoms with Crippen LogP contribution in [0.5, 0.6) is 0 Å². The summed E-state index contributed by atoms with van der Waals surface area (Å²) in [7, 11) is -3.26. The minimum absolute atomic E-state index is 0.0843. The van der Waals surface area contributed by atoms with Crippen LogP contribution in [-0.2, 0) is 16.4 Å². The quantitative estimate of drug-likeness (QED) is 0.708. The molecule has 0 amide bonds. The van der Waals surface area contributed by atoms with E-state index in [2.05, 4.69) is 25.1 Å². The number of nitrogens with zero attached hydrogens (tertiary/aromatic N) is 5. The molecular weight excluding hydrogens is 388 g/mol. The van der Waals surface area contributed by atoms with Gasteiger partial charge in [0.25, 0.3) is 0 Å². The summed E-state index contributed by atoms with van der Waals surface area (Å²) in [6, 6.07) is 9.90. The molecule has 0 spiro atoms. The average Bonchev–Trinajstić information content (AvgIpc) is 3.02. The van der Waals surface area contributed by atoms with Gasteiger partial charge >= 0.3 is 0 Å². The summed E-state index contributed by atoms with van der Waals surface area (Å²) in [5, 5.41) is 7.10. The lowest BCUT2D eigenvalue weighted by molar-refractivity contribution is 0.330. The molecule has 1 aliphatic rings. The fourth-order valence-electron chi connectivity index (χ4n) is 3.36. The third kappa shape index (κ3) is 3.76. The largest absolute Gasteiger partial charge is 0.335 e. The number of fused-ring (bicyclic) bond motifs is 1. The number of hydrogen-bond donors (Lipinski definition) is 1. The van der Waals surface area contributed by atoms with Gasteiger partial charge in [0.1, 0.15) is 11.0 Å². The summed E-state index contributed by atoms with van der Waals surface area (Å²) in [6.45, 7) is 1.28. The zero-order valence-electron chi connectivity index (χ0n) is 14.7. The van der Waals surface area contributed by atoms with Gasteiger partial charge in [0.05, 0.1) is 12.5 Å². The molecule has 1 aliphatic heterocycles. The predicted molar refractivity (Wildman–Crippen MR) is 104 cm³/mol. The molecule has 4 rings (SSSR count). The zero-order valence-corrected chi connectivity index (χ0v) is 16.3. The van der Waals surface area contributed by atoms with E-state index < -0.39 is 10.0 Å². The molecule has 1 fully saturated rings. The highest BCUT2D eigenvalue weighted by molar-refractivity contribution is 7.88. The van der Waals surface area contributed by atoms with Crippen LogP contribution in [0.1, 0.15) is 5.56 Å². The molecule has 142 valence electrons. The monoisotopic (exact) mass is 406 g/mol. The van der Waals surface area contributed by atoms with Gasteiger partial charge in [0.15, 0.2) is 5.15 Å². The Morgan fingerprint density at radius 2 is 2.04 bits per heavy atom. The Morgan fingerprint density at radius 1 is 1.26 bits per heavy atom. The Morgan fingerprint density at radius 3 is 2.78 bits per heavy atom. The smallest absolute Gasteiger partial charge is 0.226 e. The van der Waals surface area contributed by atoms with Crippen LogP contribution >= 0.6 is 11.6 Å². The number of anilines is 1. The second-order valence-electron chi connectivity index (χ2n) is 6.60. The first-order valence-electron chi connectivity index (χ1n) is 8.54. The van der Waals surface area contributed by atoms with Gasteiger partial charge < -0.3 is 4.90 Å². The molecule has 1 aromatic carbocycles. The normalized spacial score (nSPS) is 18.9. The number of nitrogens with one attached hydrogen (secondary N) is 1. The average molecular weight is 407 g/mol. The molecule has 3 heterocycles. The summed E-state index contributed by atoms with van der Waals surface area (Å²) in [5.74, 6) is 0.528. The molecule has 3 aromatic rings. The van der Waals surface area contributed by atoms with E-state index in [0.29, 0.717) is 48.2 Å². The highest BCUT2D eigenvalue weighted by Crippen LogP contribution is 2.24. The highest BCUT2D eigenvalue weighted by atomic mass is 35.5. The first-order chi connectivity index (χ1) is 12.9. The van der Waals surface area contributed by atoms with Gasteiger partial charge in [-0.1, -0.05) is 41.9 Å². The minimum atomic E-state index is -3.26. The molecule has 0 aliphatic carbocycles. The number of piperazine rings is 1. The topological polar surface area (TPSA) is 95.1 Å². The Kier molecular flexibility index (Phi) is 4.75. The molecule has 0 radical (unpaired) electrons. The van der Waals surface area contributed by atoms with Crippen LogP contribution in [0, 0.1) is 0 Å². The van der Waals surface area contributed by atoms with Gasteiger partial charge in [-0.15, -0.1) is 0 Å². The number of sulfonamides is 1. The second-order valence-corrected chi connectivity index (χ2v) is 8.96. The minimum Gasteiger partial charge on any atom is -0.335 e. The Balaban J connectivity index is 1.68. The van der Waals surface area contributed by atoms with Crippen molar-refractivity contribution in [2.75, 3.05) is 30.8 Å². The lowest BCUT2D eigenvalue weighted by atomic mass is 10.0. The number of H-pyrrole nitrogens is 1. The van der Waals surface area contributed by atoms with Crippen LogP contribution in [-0.4, -0.2) is 64.8 Å². The van der Waals surface area contributed by atoms with E-state index in [1.807, 2.05) is 30.3 Å². The Bertz CT molecular complexity index is 1060. The molecule has 27 heavy (non-hydrogen) atoms. The van der Waals surface area contributed by atoms with Crippen molar-refractivity contribution >= 4 is 38.6 Å². The van der Waals surface area contributed by atoms with Crippen molar-refractivity contribution in [3.05, 3.63) is 47.2 Å². The maximum absolute atomic E-state index is 12.1. The van der Waals surface area contributed by atoms with Gasteiger partial charge in [0, 0.05) is 25.7 Å². The molecule has 10 heteroatoms. The number of hydrogen-bond acceptors (Lipinski definition) is 6. The van der Waals surface area contributed by atoms with Crippen molar-refractivity contribution in [1.82, 2.24) is 24.5 Å². The summed E-state index contributed by atoms with van der Waals surface area (Å²) < 4.78 is 25.6.